The average Bonchev–Trinajstić information content (AvgIpc) is 3.42. The molecule has 3 N–H and O–H groups in total. The van der Waals surface area contributed by atoms with Crippen LogP contribution in [0.15, 0.2) is 66.2 Å². The molecule has 2 aromatic heterocycles. The molecule has 2 amide bonds. The molecule has 2 heterocycles. The molecule has 0 aliphatic carbocycles. The number of carbonyl (C=O) groups is 2. The van der Waals surface area contributed by atoms with Crippen LogP contribution in [0.4, 0.5) is 0 Å². The number of aromatic amines is 1. The summed E-state index contributed by atoms with van der Waals surface area (Å²) in [5.74, 6) is -0.414. The summed E-state index contributed by atoms with van der Waals surface area (Å²) in [6.07, 6.45) is 2.02. The number of nitrogens with one attached hydrogen (secondary N) is 3. The Kier molecular flexibility index (Phi) is 6.18. The second-order valence-corrected chi connectivity index (χ2v) is 8.70. The van der Waals surface area contributed by atoms with Gasteiger partial charge in [0.25, 0.3) is 5.91 Å². The predicted molar refractivity (Wildman–Crippen MR) is 126 cm³/mol. The summed E-state index contributed by atoms with van der Waals surface area (Å²) >= 11 is 1.67. The lowest BCUT2D eigenvalue weighted by molar-refractivity contribution is -0.120. The number of carbonyl (C=O) groups excluding carboxylic acids is 2. The van der Waals surface area contributed by atoms with Crippen molar-refractivity contribution >= 4 is 34.1 Å². The van der Waals surface area contributed by atoms with E-state index >= 15 is 0 Å². The highest BCUT2D eigenvalue weighted by Crippen LogP contribution is 2.32. The fraction of sp³-hybridized carbons (Fsp3) is 0.200. The molecule has 6 heteroatoms. The molecule has 1 unspecified atom stereocenters. The lowest BCUT2D eigenvalue weighted by atomic mass is 9.96. The van der Waals surface area contributed by atoms with Crippen LogP contribution < -0.4 is 10.6 Å². The van der Waals surface area contributed by atoms with E-state index in [0.717, 1.165) is 27.6 Å². The van der Waals surface area contributed by atoms with Crippen LogP contribution in [0.1, 0.15) is 37.8 Å². The number of para-hydroxylation sites is 1. The van der Waals surface area contributed by atoms with Gasteiger partial charge in [-0.25, -0.2) is 0 Å². The molecule has 4 rings (SSSR count). The fourth-order valence-corrected chi connectivity index (χ4v) is 4.73. The first kappa shape index (κ1) is 20.9. The molecule has 5 nitrogen and oxygen atoms in total. The molecule has 0 bridgehead atoms. The molecule has 4 aromatic rings. The van der Waals surface area contributed by atoms with E-state index in [4.69, 9.17) is 0 Å². The molecule has 31 heavy (non-hydrogen) atoms. The quantitative estimate of drug-likeness (QED) is 0.402. The zero-order valence-electron chi connectivity index (χ0n) is 17.6. The molecule has 158 valence electrons. The highest BCUT2D eigenvalue weighted by Gasteiger charge is 2.20. The largest absolute Gasteiger partial charge is 0.361 e. The summed E-state index contributed by atoms with van der Waals surface area (Å²) in [6, 6.07) is 17.9. The molecule has 0 aliphatic rings. The van der Waals surface area contributed by atoms with Crippen LogP contribution in [0, 0.1) is 13.8 Å². The Balaban J connectivity index is 1.42. The van der Waals surface area contributed by atoms with Gasteiger partial charge in [-0.2, -0.15) is 0 Å². The Morgan fingerprint density at radius 2 is 1.77 bits per heavy atom. The van der Waals surface area contributed by atoms with E-state index in [-0.39, 0.29) is 24.3 Å². The van der Waals surface area contributed by atoms with E-state index in [0.29, 0.717) is 12.1 Å². The first-order valence-electron chi connectivity index (χ1n) is 10.2. The second kappa shape index (κ2) is 9.18. The first-order valence-corrected chi connectivity index (χ1v) is 11.1. The van der Waals surface area contributed by atoms with Crippen molar-refractivity contribution in [2.45, 2.75) is 19.8 Å². The van der Waals surface area contributed by atoms with Gasteiger partial charge in [0.05, 0.1) is 6.54 Å². The number of aromatic nitrogens is 1. The normalized spacial score (nSPS) is 11.9. The fourth-order valence-electron chi connectivity index (χ4n) is 3.88. The van der Waals surface area contributed by atoms with Crippen LogP contribution in [0.5, 0.6) is 0 Å². The van der Waals surface area contributed by atoms with Crippen molar-refractivity contribution in [3.8, 4) is 0 Å². The number of hydrogen-bond donors (Lipinski definition) is 3. The molecule has 0 aliphatic heterocycles. The number of rotatable bonds is 7. The Morgan fingerprint density at radius 3 is 2.52 bits per heavy atom. The van der Waals surface area contributed by atoms with E-state index in [2.05, 4.69) is 27.8 Å². The van der Waals surface area contributed by atoms with Gasteiger partial charge in [-0.05, 0) is 49.1 Å². The third-order valence-electron chi connectivity index (χ3n) is 5.28. The number of amides is 2. The van der Waals surface area contributed by atoms with Gasteiger partial charge in [0.1, 0.15) is 0 Å². The molecular formula is C25H25N3O2S. The average molecular weight is 432 g/mol. The molecule has 0 fully saturated rings. The topological polar surface area (TPSA) is 74.0 Å². The monoisotopic (exact) mass is 431 g/mol. The molecule has 2 aromatic carbocycles. The third-order valence-corrected chi connectivity index (χ3v) is 6.27. The van der Waals surface area contributed by atoms with Crippen molar-refractivity contribution in [2.75, 3.05) is 13.1 Å². The number of thiophene rings is 1. The van der Waals surface area contributed by atoms with Crippen LogP contribution in [-0.2, 0) is 4.79 Å². The lowest BCUT2D eigenvalue weighted by Gasteiger charge is -2.16. The number of fused-ring (bicyclic) bond motifs is 1. The maximum absolute atomic E-state index is 12.5. The summed E-state index contributed by atoms with van der Waals surface area (Å²) in [5.41, 5.74) is 4.84. The molecule has 0 saturated carbocycles. The van der Waals surface area contributed by atoms with Gasteiger partial charge >= 0.3 is 0 Å². The highest BCUT2D eigenvalue weighted by molar-refractivity contribution is 7.10. The molecule has 0 radical (unpaired) electrons. The standard InChI is InChI=1S/C25H25N3O2S/c1-16-10-17(2)12-18(11-16)25(30)28-15-24(29)27-14-21(23-8-5-9-31-23)20-13-26-22-7-4-3-6-19(20)22/h3-13,21,26H,14-15H2,1-2H3,(H,27,29)(H,28,30). The second-order valence-electron chi connectivity index (χ2n) is 7.72. The summed E-state index contributed by atoms with van der Waals surface area (Å²) in [7, 11) is 0. The highest BCUT2D eigenvalue weighted by atomic mass is 32.1. The summed E-state index contributed by atoms with van der Waals surface area (Å²) in [5, 5.41) is 8.91. The van der Waals surface area contributed by atoms with Crippen molar-refractivity contribution in [3.05, 3.63) is 93.3 Å². The molecule has 1 atom stereocenters. The van der Waals surface area contributed by atoms with Crippen molar-refractivity contribution in [2.24, 2.45) is 0 Å². The van der Waals surface area contributed by atoms with Crippen molar-refractivity contribution in [3.63, 3.8) is 0 Å². The van der Waals surface area contributed by atoms with E-state index in [1.165, 1.54) is 4.88 Å². The Hall–Kier alpha value is -3.38. The molecule has 0 spiro atoms. The van der Waals surface area contributed by atoms with E-state index in [9.17, 15) is 9.59 Å². The van der Waals surface area contributed by atoms with Crippen molar-refractivity contribution < 1.29 is 9.59 Å². The van der Waals surface area contributed by atoms with Gasteiger partial charge < -0.3 is 15.6 Å². The maximum atomic E-state index is 12.5. The number of hydrogen-bond acceptors (Lipinski definition) is 3. The van der Waals surface area contributed by atoms with Crippen LogP contribution in [0.25, 0.3) is 10.9 Å². The number of aryl methyl sites for hydroxylation is 2. The smallest absolute Gasteiger partial charge is 0.251 e. The van der Waals surface area contributed by atoms with Crippen LogP contribution in [0.2, 0.25) is 0 Å². The van der Waals surface area contributed by atoms with Crippen molar-refractivity contribution in [1.82, 2.24) is 15.6 Å². The zero-order chi connectivity index (χ0) is 21.8. The van der Waals surface area contributed by atoms with Gasteiger partial charge in [-0.1, -0.05) is 41.5 Å². The van der Waals surface area contributed by atoms with Crippen molar-refractivity contribution in [1.29, 1.82) is 0 Å². The van der Waals surface area contributed by atoms with Gasteiger partial charge in [0.15, 0.2) is 0 Å². The van der Waals surface area contributed by atoms with E-state index in [1.807, 2.05) is 67.9 Å². The maximum Gasteiger partial charge on any atom is 0.251 e. The number of benzene rings is 2. The lowest BCUT2D eigenvalue weighted by Crippen LogP contribution is -2.38. The van der Waals surface area contributed by atoms with Gasteiger partial charge in [-0.3, -0.25) is 9.59 Å². The van der Waals surface area contributed by atoms with E-state index < -0.39 is 0 Å². The third kappa shape index (κ3) is 4.86. The van der Waals surface area contributed by atoms with Crippen LogP contribution >= 0.6 is 11.3 Å². The minimum atomic E-state index is -0.242. The zero-order valence-corrected chi connectivity index (χ0v) is 18.4. The SMILES string of the molecule is Cc1cc(C)cc(C(=O)NCC(=O)NCC(c2cccs2)c2c[nH]c3ccccc23)c1. The molecular weight excluding hydrogens is 406 g/mol. The summed E-state index contributed by atoms with van der Waals surface area (Å²) in [6.45, 7) is 4.30. The predicted octanol–water partition coefficient (Wildman–Crippen LogP) is 4.52. The van der Waals surface area contributed by atoms with Gasteiger partial charge in [0.2, 0.25) is 5.91 Å². The van der Waals surface area contributed by atoms with Gasteiger partial charge in [0, 0.05) is 40.0 Å². The molecule has 0 saturated heterocycles. The Bertz CT molecular complexity index is 1190. The van der Waals surface area contributed by atoms with Crippen LogP contribution in [0.3, 0.4) is 0 Å². The van der Waals surface area contributed by atoms with Gasteiger partial charge in [-0.15, -0.1) is 11.3 Å². The summed E-state index contributed by atoms with van der Waals surface area (Å²) < 4.78 is 0. The Labute approximate surface area is 185 Å². The van der Waals surface area contributed by atoms with E-state index in [1.54, 1.807) is 11.3 Å². The van der Waals surface area contributed by atoms with Crippen LogP contribution in [-0.4, -0.2) is 29.9 Å². The first-order chi connectivity index (χ1) is 15.0. The Morgan fingerprint density at radius 1 is 1.00 bits per heavy atom. The summed E-state index contributed by atoms with van der Waals surface area (Å²) in [4.78, 5) is 29.4. The minimum Gasteiger partial charge on any atom is -0.361 e. The number of H-pyrrole nitrogens is 1. The minimum absolute atomic E-state index is 0.0372.